The fourth-order valence-corrected chi connectivity index (χ4v) is 4.00. The van der Waals surface area contributed by atoms with E-state index in [2.05, 4.69) is 13.8 Å². The molecule has 21 heavy (non-hydrogen) atoms. The van der Waals surface area contributed by atoms with E-state index in [1.165, 1.54) is 42.9 Å². The average Bonchev–Trinajstić information content (AvgIpc) is 3.01. The molecule has 0 N–H and O–H groups in total. The molecule has 128 valence electrons. The normalized spacial score (nSPS) is 33.4. The van der Waals surface area contributed by atoms with Crippen LogP contribution in [0.2, 0.25) is 0 Å². The van der Waals surface area contributed by atoms with Crippen LogP contribution in [0.5, 0.6) is 0 Å². The monoisotopic (exact) mass is 296 g/mol. The zero-order valence-electron chi connectivity index (χ0n) is 16.1. The second-order valence-electron chi connectivity index (χ2n) is 6.87. The molecule has 4 rings (SSSR count). The molecule has 0 nitrogen and oxygen atoms in total. The van der Waals surface area contributed by atoms with Crippen molar-refractivity contribution in [2.75, 3.05) is 0 Å². The molecule has 0 saturated heterocycles. The fraction of sp³-hybridized carbons (Fsp3) is 1.00. The zero-order valence-corrected chi connectivity index (χ0v) is 16.1. The van der Waals surface area contributed by atoms with Gasteiger partial charge in [-0.15, -0.1) is 0 Å². The van der Waals surface area contributed by atoms with Crippen LogP contribution in [-0.2, 0) is 0 Å². The molecule has 4 aliphatic rings. The van der Waals surface area contributed by atoms with E-state index < -0.39 is 0 Å². The SMILES string of the molecule is C1CC2CCC1C2.C1CCC2CC2C1.CC.CC.CCC. The van der Waals surface area contributed by atoms with Crippen LogP contribution < -0.4 is 0 Å². The molecule has 2 atom stereocenters. The Morgan fingerprint density at radius 1 is 0.571 bits per heavy atom. The van der Waals surface area contributed by atoms with Crippen LogP contribution in [0.4, 0.5) is 0 Å². The molecule has 0 aromatic carbocycles. The van der Waals surface area contributed by atoms with Gasteiger partial charge in [-0.2, -0.15) is 0 Å². The molecule has 2 bridgehead atoms. The second-order valence-corrected chi connectivity index (χ2v) is 6.87. The Morgan fingerprint density at radius 2 is 0.905 bits per heavy atom. The third-order valence-corrected chi connectivity index (χ3v) is 5.10. The summed E-state index contributed by atoms with van der Waals surface area (Å²) in [5, 5.41) is 0. The van der Waals surface area contributed by atoms with Crippen molar-refractivity contribution in [3.05, 3.63) is 0 Å². The van der Waals surface area contributed by atoms with Crippen LogP contribution in [0.1, 0.15) is 112 Å². The second kappa shape index (κ2) is 13.6. The summed E-state index contributed by atoms with van der Waals surface area (Å²) in [5.41, 5.74) is 0. The van der Waals surface area contributed by atoms with Gasteiger partial charge in [-0.05, 0) is 36.5 Å². The first-order valence-electron chi connectivity index (χ1n) is 10.3. The van der Waals surface area contributed by atoms with Gasteiger partial charge in [-0.3, -0.25) is 0 Å². The predicted molar refractivity (Wildman–Crippen MR) is 98.8 cm³/mol. The van der Waals surface area contributed by atoms with Crippen LogP contribution in [0.25, 0.3) is 0 Å². The van der Waals surface area contributed by atoms with Gasteiger partial charge in [0.1, 0.15) is 0 Å². The van der Waals surface area contributed by atoms with Gasteiger partial charge in [0, 0.05) is 0 Å². The van der Waals surface area contributed by atoms with E-state index in [-0.39, 0.29) is 0 Å². The highest BCUT2D eigenvalue weighted by Crippen LogP contribution is 2.49. The summed E-state index contributed by atoms with van der Waals surface area (Å²) < 4.78 is 0. The minimum Gasteiger partial charge on any atom is -0.0683 e. The van der Waals surface area contributed by atoms with E-state index in [0.717, 1.165) is 0 Å². The van der Waals surface area contributed by atoms with E-state index in [1.54, 1.807) is 51.4 Å². The average molecular weight is 297 g/mol. The minimum absolute atomic E-state index is 1.17. The molecular weight excluding hydrogens is 252 g/mol. The first kappa shape index (κ1) is 21.0. The summed E-state index contributed by atoms with van der Waals surface area (Å²) in [4.78, 5) is 0. The van der Waals surface area contributed by atoms with E-state index in [0.29, 0.717) is 0 Å². The van der Waals surface area contributed by atoms with Gasteiger partial charge in [0.2, 0.25) is 0 Å². The van der Waals surface area contributed by atoms with Crippen molar-refractivity contribution < 1.29 is 0 Å². The maximum Gasteiger partial charge on any atom is -0.0383 e. The maximum atomic E-state index is 2.12. The Morgan fingerprint density at radius 3 is 1.10 bits per heavy atom. The Labute approximate surface area is 136 Å². The van der Waals surface area contributed by atoms with Crippen molar-refractivity contribution in [2.24, 2.45) is 23.7 Å². The van der Waals surface area contributed by atoms with Crippen molar-refractivity contribution in [3.63, 3.8) is 0 Å². The molecule has 4 aliphatic carbocycles. The largest absolute Gasteiger partial charge is 0.0683 e. The van der Waals surface area contributed by atoms with Crippen LogP contribution in [0.15, 0.2) is 0 Å². The van der Waals surface area contributed by atoms with Gasteiger partial charge in [-0.25, -0.2) is 0 Å². The lowest BCUT2D eigenvalue weighted by Crippen LogP contribution is -1.91. The van der Waals surface area contributed by atoms with Gasteiger partial charge < -0.3 is 0 Å². The van der Waals surface area contributed by atoms with Gasteiger partial charge in [-0.1, -0.05) is 99.3 Å². The van der Waals surface area contributed by atoms with Gasteiger partial charge in [0.05, 0.1) is 0 Å². The van der Waals surface area contributed by atoms with E-state index >= 15 is 0 Å². The Bertz CT molecular complexity index is 180. The predicted octanol–water partition coefficient (Wildman–Crippen LogP) is 7.86. The summed E-state index contributed by atoms with van der Waals surface area (Å²) in [6, 6.07) is 0. The molecule has 0 radical (unpaired) electrons. The molecule has 0 heteroatoms. The highest BCUT2D eigenvalue weighted by Gasteiger charge is 2.37. The molecular formula is C21H44. The van der Waals surface area contributed by atoms with Crippen LogP contribution in [0.3, 0.4) is 0 Å². The zero-order chi connectivity index (χ0) is 16.1. The Balaban J connectivity index is 0.000000272. The Hall–Kier alpha value is 0. The molecule has 2 unspecified atom stereocenters. The van der Waals surface area contributed by atoms with Gasteiger partial charge in [0.15, 0.2) is 0 Å². The van der Waals surface area contributed by atoms with E-state index in [1.807, 2.05) is 27.7 Å². The number of fused-ring (bicyclic) bond motifs is 3. The topological polar surface area (TPSA) is 0 Å². The lowest BCUT2D eigenvalue weighted by molar-refractivity contribution is 0.480. The summed E-state index contributed by atoms with van der Waals surface area (Å²) in [6.07, 6.45) is 16.8. The highest BCUT2D eigenvalue weighted by molar-refractivity contribution is 4.88. The summed E-state index contributed by atoms with van der Waals surface area (Å²) in [6.45, 7) is 12.2. The molecule has 0 heterocycles. The molecule has 0 aromatic rings. The molecule has 0 amide bonds. The Kier molecular flexibility index (Phi) is 13.6. The van der Waals surface area contributed by atoms with E-state index in [9.17, 15) is 0 Å². The number of hydrogen-bond donors (Lipinski definition) is 0. The van der Waals surface area contributed by atoms with Crippen molar-refractivity contribution in [1.82, 2.24) is 0 Å². The van der Waals surface area contributed by atoms with Crippen molar-refractivity contribution in [2.45, 2.75) is 112 Å². The summed E-state index contributed by atoms with van der Waals surface area (Å²) in [5.74, 6) is 4.75. The van der Waals surface area contributed by atoms with E-state index in [4.69, 9.17) is 0 Å². The molecule has 0 spiro atoms. The molecule has 0 aromatic heterocycles. The summed E-state index contributed by atoms with van der Waals surface area (Å²) >= 11 is 0. The first-order valence-corrected chi connectivity index (χ1v) is 10.3. The smallest absolute Gasteiger partial charge is 0.0383 e. The van der Waals surface area contributed by atoms with Crippen molar-refractivity contribution in [1.29, 1.82) is 0 Å². The standard InChI is InChI=1S/2C7H12.C3H8.2C2H6/c1-2-7-4-3-6(1)5-7;1-2-4-7-5-6(7)3-1;1-3-2;2*1-2/h2*6-7H,1-5H2;3H2,1-2H3;2*1-2H3. The number of rotatable bonds is 0. The molecule has 4 fully saturated rings. The maximum absolute atomic E-state index is 2.12. The van der Waals surface area contributed by atoms with Crippen LogP contribution in [-0.4, -0.2) is 0 Å². The highest BCUT2D eigenvalue weighted by atomic mass is 14.4. The third-order valence-electron chi connectivity index (χ3n) is 5.10. The molecule has 0 aliphatic heterocycles. The quantitative estimate of drug-likeness (QED) is 0.426. The number of hydrogen-bond acceptors (Lipinski definition) is 0. The molecule has 4 saturated carbocycles. The van der Waals surface area contributed by atoms with Crippen molar-refractivity contribution in [3.8, 4) is 0 Å². The minimum atomic E-state index is 1.17. The lowest BCUT2D eigenvalue weighted by atomic mass is 10.0. The van der Waals surface area contributed by atoms with Gasteiger partial charge in [0.25, 0.3) is 0 Å². The van der Waals surface area contributed by atoms with Gasteiger partial charge >= 0.3 is 0 Å². The summed E-state index contributed by atoms with van der Waals surface area (Å²) in [7, 11) is 0. The third kappa shape index (κ3) is 8.89. The van der Waals surface area contributed by atoms with Crippen LogP contribution >= 0.6 is 0 Å². The van der Waals surface area contributed by atoms with Crippen LogP contribution in [0, 0.1) is 23.7 Å². The lowest BCUT2D eigenvalue weighted by Gasteiger charge is -2.05. The fourth-order valence-electron chi connectivity index (χ4n) is 4.00. The first-order chi connectivity index (χ1) is 10.3. The van der Waals surface area contributed by atoms with Crippen molar-refractivity contribution >= 4 is 0 Å².